The van der Waals surface area contributed by atoms with Gasteiger partial charge >= 0.3 is 0 Å². The van der Waals surface area contributed by atoms with Gasteiger partial charge in [0.2, 0.25) is 0 Å². The Kier molecular flexibility index (Phi) is 4.72. The number of benzene rings is 7. The van der Waals surface area contributed by atoms with E-state index in [0.717, 1.165) is 71.5 Å². The third kappa shape index (κ3) is 3.21. The van der Waals surface area contributed by atoms with Crippen LogP contribution in [0.15, 0.2) is 148 Å². The van der Waals surface area contributed by atoms with Gasteiger partial charge in [-0.2, -0.15) is 0 Å². The third-order valence-electron chi connectivity index (χ3n) is 9.61. The SMILES string of the molecule is c1ccc2c(c1)oc1c2ccc2c1c1ccccc1n2-c1ccc2c(c1)oc1cc(-c3cccc4sc5ccccc5c34)ccc12. The summed E-state index contributed by atoms with van der Waals surface area (Å²) in [5, 5.41) is 9.44. The summed E-state index contributed by atoms with van der Waals surface area (Å²) in [6.45, 7) is 0. The smallest absolute Gasteiger partial charge is 0.145 e. The highest BCUT2D eigenvalue weighted by atomic mass is 32.1. The number of furan rings is 2. The molecule has 4 heteroatoms. The van der Waals surface area contributed by atoms with Crippen molar-refractivity contribution in [2.75, 3.05) is 0 Å². The Morgan fingerprint density at radius 3 is 2.09 bits per heavy atom. The van der Waals surface area contributed by atoms with Gasteiger partial charge in [0, 0.05) is 58.9 Å². The Morgan fingerprint density at radius 2 is 1.15 bits per heavy atom. The van der Waals surface area contributed by atoms with Crippen molar-refractivity contribution in [2.45, 2.75) is 0 Å². The Labute approximate surface area is 266 Å². The maximum atomic E-state index is 6.64. The molecular weight excluding hydrogens is 583 g/mol. The molecule has 0 N–H and O–H groups in total. The molecule has 0 fully saturated rings. The van der Waals surface area contributed by atoms with Gasteiger partial charge in [-0.1, -0.05) is 72.8 Å². The summed E-state index contributed by atoms with van der Waals surface area (Å²) in [7, 11) is 0. The van der Waals surface area contributed by atoms with Crippen LogP contribution < -0.4 is 0 Å². The number of nitrogens with zero attached hydrogens (tertiary/aromatic N) is 1. The van der Waals surface area contributed by atoms with E-state index >= 15 is 0 Å². The highest BCUT2D eigenvalue weighted by Gasteiger charge is 2.19. The van der Waals surface area contributed by atoms with Crippen LogP contribution in [0.4, 0.5) is 0 Å². The Balaban J connectivity index is 1.12. The minimum atomic E-state index is 0.875. The molecule has 0 saturated heterocycles. The van der Waals surface area contributed by atoms with Crippen LogP contribution in [0.3, 0.4) is 0 Å². The molecule has 4 heterocycles. The summed E-state index contributed by atoms with van der Waals surface area (Å²) < 4.78 is 18.1. The Morgan fingerprint density at radius 1 is 0.435 bits per heavy atom. The molecule has 0 atom stereocenters. The fourth-order valence-electron chi connectivity index (χ4n) is 7.60. The lowest BCUT2D eigenvalue weighted by Crippen LogP contribution is -1.93. The van der Waals surface area contributed by atoms with Crippen molar-refractivity contribution in [3.8, 4) is 16.8 Å². The van der Waals surface area contributed by atoms with Gasteiger partial charge < -0.3 is 13.4 Å². The molecule has 0 spiro atoms. The van der Waals surface area contributed by atoms with Crippen LogP contribution in [-0.4, -0.2) is 4.57 Å². The second kappa shape index (κ2) is 8.87. The zero-order chi connectivity index (χ0) is 29.9. The molecule has 214 valence electrons. The molecule has 0 unspecified atom stereocenters. The predicted octanol–water partition coefficient (Wildman–Crippen LogP) is 12.6. The van der Waals surface area contributed by atoms with Gasteiger partial charge in [0.1, 0.15) is 22.3 Å². The van der Waals surface area contributed by atoms with E-state index in [-0.39, 0.29) is 0 Å². The standard InChI is InChI=1S/C42H23NO2S/c1-4-12-33-31(9-1)41-34(21-20-30-27-8-2-5-13-35(27)45-42(30)41)43(33)25-17-19-29-28-18-16-24(22-36(28)44-37(29)23-25)26-11-7-15-39-40(26)32-10-3-6-14-38(32)46-39/h1-23H. The van der Waals surface area contributed by atoms with Gasteiger partial charge in [-0.05, 0) is 71.8 Å². The van der Waals surface area contributed by atoms with Gasteiger partial charge in [-0.25, -0.2) is 0 Å². The Bertz CT molecular complexity index is 3040. The minimum absolute atomic E-state index is 0.875. The first-order valence-corrected chi connectivity index (χ1v) is 16.3. The predicted molar refractivity (Wildman–Crippen MR) is 194 cm³/mol. The molecule has 7 aromatic carbocycles. The van der Waals surface area contributed by atoms with Gasteiger partial charge in [0.15, 0.2) is 0 Å². The van der Waals surface area contributed by atoms with Crippen LogP contribution in [0.5, 0.6) is 0 Å². The summed E-state index contributed by atoms with van der Waals surface area (Å²) in [4.78, 5) is 0. The molecule has 3 nitrogen and oxygen atoms in total. The number of fused-ring (bicyclic) bond motifs is 13. The van der Waals surface area contributed by atoms with E-state index < -0.39 is 0 Å². The second-order valence-corrected chi connectivity index (χ2v) is 13.1. The number of para-hydroxylation sites is 2. The van der Waals surface area contributed by atoms with Crippen LogP contribution in [-0.2, 0) is 0 Å². The van der Waals surface area contributed by atoms with Gasteiger partial charge in [-0.15, -0.1) is 11.3 Å². The zero-order valence-electron chi connectivity index (χ0n) is 24.5. The molecule has 0 saturated carbocycles. The normalized spacial score (nSPS) is 12.3. The molecule has 46 heavy (non-hydrogen) atoms. The van der Waals surface area contributed by atoms with E-state index in [1.807, 2.05) is 23.5 Å². The maximum absolute atomic E-state index is 6.64. The van der Waals surface area contributed by atoms with Gasteiger partial charge in [0.05, 0.1) is 16.4 Å². The highest BCUT2D eigenvalue weighted by Crippen LogP contribution is 2.43. The van der Waals surface area contributed by atoms with E-state index in [0.29, 0.717) is 0 Å². The first-order chi connectivity index (χ1) is 22.8. The van der Waals surface area contributed by atoms with E-state index in [2.05, 4.69) is 132 Å². The van der Waals surface area contributed by atoms with Gasteiger partial charge in [0.25, 0.3) is 0 Å². The van der Waals surface area contributed by atoms with Crippen LogP contribution in [0, 0.1) is 0 Å². The molecule has 11 aromatic rings. The topological polar surface area (TPSA) is 31.2 Å². The van der Waals surface area contributed by atoms with Crippen LogP contribution in [0.25, 0.3) is 103 Å². The first-order valence-electron chi connectivity index (χ1n) is 15.5. The number of thiophene rings is 1. The minimum Gasteiger partial charge on any atom is -0.456 e. The molecule has 0 aliphatic rings. The van der Waals surface area contributed by atoms with E-state index in [9.17, 15) is 0 Å². The van der Waals surface area contributed by atoms with Crippen molar-refractivity contribution in [2.24, 2.45) is 0 Å². The van der Waals surface area contributed by atoms with Crippen LogP contribution in [0.1, 0.15) is 0 Å². The molecular formula is C42H23NO2S. The molecule has 4 aromatic heterocycles. The van der Waals surface area contributed by atoms with Crippen molar-refractivity contribution >= 4 is 97.2 Å². The summed E-state index contributed by atoms with van der Waals surface area (Å²) in [6.07, 6.45) is 0. The van der Waals surface area contributed by atoms with E-state index in [1.165, 1.54) is 31.1 Å². The molecule has 0 radical (unpaired) electrons. The van der Waals surface area contributed by atoms with Crippen LogP contribution >= 0.6 is 11.3 Å². The molecule has 11 rings (SSSR count). The average molecular weight is 606 g/mol. The lowest BCUT2D eigenvalue weighted by Gasteiger charge is -2.07. The van der Waals surface area contributed by atoms with E-state index in [4.69, 9.17) is 8.83 Å². The number of hydrogen-bond acceptors (Lipinski definition) is 3. The van der Waals surface area contributed by atoms with Crippen molar-refractivity contribution in [1.29, 1.82) is 0 Å². The lowest BCUT2D eigenvalue weighted by molar-refractivity contribution is 0.669. The average Bonchev–Trinajstić information content (AvgIpc) is 3.85. The Hall–Kier alpha value is -5.84. The fraction of sp³-hybridized carbons (Fsp3) is 0. The number of aromatic nitrogens is 1. The van der Waals surface area contributed by atoms with Crippen LogP contribution in [0.2, 0.25) is 0 Å². The summed E-state index contributed by atoms with van der Waals surface area (Å²) in [6, 6.07) is 49.8. The second-order valence-electron chi connectivity index (χ2n) is 12.1. The monoisotopic (exact) mass is 605 g/mol. The van der Waals surface area contributed by atoms with Crippen molar-refractivity contribution < 1.29 is 8.83 Å². The largest absolute Gasteiger partial charge is 0.456 e. The quantitative estimate of drug-likeness (QED) is 0.196. The third-order valence-corrected chi connectivity index (χ3v) is 10.7. The summed E-state index contributed by atoms with van der Waals surface area (Å²) in [5.41, 5.74) is 9.32. The van der Waals surface area contributed by atoms with Crippen molar-refractivity contribution in [3.05, 3.63) is 140 Å². The van der Waals surface area contributed by atoms with Crippen molar-refractivity contribution in [1.82, 2.24) is 4.57 Å². The first kappa shape index (κ1) is 24.5. The molecule has 0 amide bonds. The molecule has 0 aliphatic heterocycles. The lowest BCUT2D eigenvalue weighted by atomic mass is 9.98. The highest BCUT2D eigenvalue weighted by molar-refractivity contribution is 7.25. The van der Waals surface area contributed by atoms with E-state index in [1.54, 1.807) is 0 Å². The fourth-order valence-corrected chi connectivity index (χ4v) is 8.73. The summed E-state index contributed by atoms with van der Waals surface area (Å²) >= 11 is 1.85. The summed E-state index contributed by atoms with van der Waals surface area (Å²) in [5.74, 6) is 0. The maximum Gasteiger partial charge on any atom is 0.145 e. The molecule has 0 bridgehead atoms. The van der Waals surface area contributed by atoms with Crippen molar-refractivity contribution in [3.63, 3.8) is 0 Å². The van der Waals surface area contributed by atoms with Gasteiger partial charge in [-0.3, -0.25) is 0 Å². The number of hydrogen-bond donors (Lipinski definition) is 0. The molecule has 0 aliphatic carbocycles. The zero-order valence-corrected chi connectivity index (χ0v) is 25.3. The number of rotatable bonds is 2.